The first-order valence-electron chi connectivity index (χ1n) is 8.33. The molecule has 0 fully saturated rings. The summed E-state index contributed by atoms with van der Waals surface area (Å²) in [5, 5.41) is 5.93. The number of nitrogens with zero attached hydrogens (tertiary/aromatic N) is 2. The Hall–Kier alpha value is -3.41. The fourth-order valence-corrected chi connectivity index (χ4v) is 2.25. The third kappa shape index (κ3) is 4.57. The maximum absolute atomic E-state index is 12.5. The van der Waals surface area contributed by atoms with Gasteiger partial charge in [0.05, 0.1) is 11.3 Å². The lowest BCUT2D eigenvalue weighted by molar-refractivity contribution is 0.102. The van der Waals surface area contributed by atoms with Gasteiger partial charge in [0, 0.05) is 18.4 Å². The predicted octanol–water partition coefficient (Wildman–Crippen LogP) is 4.34. The molecule has 0 saturated heterocycles. The molecule has 1 aromatic heterocycles. The van der Waals surface area contributed by atoms with Crippen LogP contribution >= 0.6 is 0 Å². The zero-order chi connectivity index (χ0) is 18.4. The van der Waals surface area contributed by atoms with Crippen LogP contribution in [0.2, 0.25) is 0 Å². The highest BCUT2D eigenvalue weighted by atomic mass is 16.5. The molecule has 0 aliphatic rings. The van der Waals surface area contributed by atoms with E-state index in [4.69, 9.17) is 4.74 Å². The first-order chi connectivity index (χ1) is 12.6. The smallest absolute Gasteiger partial charge is 0.258 e. The number of anilines is 2. The molecule has 6 nitrogen and oxygen atoms in total. The van der Waals surface area contributed by atoms with E-state index in [1.165, 1.54) is 12.4 Å². The average Bonchev–Trinajstić information content (AvgIpc) is 2.64. The summed E-state index contributed by atoms with van der Waals surface area (Å²) in [5.74, 6) is 1.45. The van der Waals surface area contributed by atoms with Crippen molar-refractivity contribution in [2.45, 2.75) is 19.9 Å². The molecule has 132 valence electrons. The second kappa shape index (κ2) is 8.11. The predicted molar refractivity (Wildman–Crippen MR) is 102 cm³/mol. The summed E-state index contributed by atoms with van der Waals surface area (Å²) in [6, 6.07) is 16.9. The molecule has 0 atom stereocenters. The van der Waals surface area contributed by atoms with Crippen LogP contribution in [0.1, 0.15) is 24.2 Å². The van der Waals surface area contributed by atoms with Gasteiger partial charge in [-0.3, -0.25) is 4.79 Å². The third-order valence-electron chi connectivity index (χ3n) is 3.44. The Bertz CT molecular complexity index is 864. The van der Waals surface area contributed by atoms with Crippen molar-refractivity contribution in [1.82, 2.24) is 9.97 Å². The van der Waals surface area contributed by atoms with Crippen LogP contribution in [-0.2, 0) is 0 Å². The van der Waals surface area contributed by atoms with Gasteiger partial charge in [0.25, 0.3) is 5.91 Å². The number of hydrogen-bond acceptors (Lipinski definition) is 5. The molecule has 0 radical (unpaired) electrons. The molecule has 0 unspecified atom stereocenters. The van der Waals surface area contributed by atoms with E-state index in [0.717, 1.165) is 0 Å². The number of nitrogens with one attached hydrogen (secondary N) is 2. The van der Waals surface area contributed by atoms with Gasteiger partial charge in [-0.1, -0.05) is 30.3 Å². The standard InChI is InChI=1S/C20H20N4O2/c1-14(2)23-20-21-12-15(13-22-20)19(25)24-17-10-6-7-11-18(17)26-16-8-4-3-5-9-16/h3-14H,1-2H3,(H,24,25)(H,21,22,23). The first kappa shape index (κ1) is 17.4. The number of aromatic nitrogens is 2. The lowest BCUT2D eigenvalue weighted by Gasteiger charge is -2.12. The number of amides is 1. The highest BCUT2D eigenvalue weighted by Crippen LogP contribution is 2.29. The number of carbonyl (C=O) groups is 1. The summed E-state index contributed by atoms with van der Waals surface area (Å²) in [4.78, 5) is 20.8. The lowest BCUT2D eigenvalue weighted by Crippen LogP contribution is -2.16. The number of hydrogen-bond donors (Lipinski definition) is 2. The minimum Gasteiger partial charge on any atom is -0.455 e. The third-order valence-corrected chi connectivity index (χ3v) is 3.44. The maximum atomic E-state index is 12.5. The van der Waals surface area contributed by atoms with Gasteiger partial charge in [0.15, 0.2) is 5.75 Å². The van der Waals surface area contributed by atoms with Crippen LogP contribution in [0.4, 0.5) is 11.6 Å². The van der Waals surface area contributed by atoms with E-state index in [1.807, 2.05) is 56.3 Å². The minimum atomic E-state index is -0.301. The average molecular weight is 348 g/mol. The normalized spacial score (nSPS) is 10.4. The van der Waals surface area contributed by atoms with E-state index < -0.39 is 0 Å². The van der Waals surface area contributed by atoms with Crippen molar-refractivity contribution >= 4 is 17.5 Å². The minimum absolute atomic E-state index is 0.219. The molecule has 26 heavy (non-hydrogen) atoms. The van der Waals surface area contributed by atoms with Crippen molar-refractivity contribution in [2.75, 3.05) is 10.6 Å². The van der Waals surface area contributed by atoms with Crippen molar-refractivity contribution in [3.63, 3.8) is 0 Å². The van der Waals surface area contributed by atoms with Gasteiger partial charge < -0.3 is 15.4 Å². The van der Waals surface area contributed by atoms with E-state index >= 15 is 0 Å². The molecule has 2 N–H and O–H groups in total. The Labute approximate surface area is 152 Å². The molecule has 1 amide bonds. The molecular formula is C20H20N4O2. The molecule has 0 bridgehead atoms. The lowest BCUT2D eigenvalue weighted by atomic mass is 10.2. The Morgan fingerprint density at radius 3 is 2.31 bits per heavy atom. The fourth-order valence-electron chi connectivity index (χ4n) is 2.25. The summed E-state index contributed by atoms with van der Waals surface area (Å²) in [5.41, 5.74) is 0.944. The highest BCUT2D eigenvalue weighted by molar-refractivity contribution is 6.04. The van der Waals surface area contributed by atoms with Gasteiger partial charge in [-0.25, -0.2) is 9.97 Å². The summed E-state index contributed by atoms with van der Waals surface area (Å²) in [6.07, 6.45) is 2.99. The molecule has 1 heterocycles. The zero-order valence-electron chi connectivity index (χ0n) is 14.6. The molecule has 0 saturated carbocycles. The van der Waals surface area contributed by atoms with Crippen molar-refractivity contribution in [1.29, 1.82) is 0 Å². The van der Waals surface area contributed by atoms with Gasteiger partial charge in [-0.2, -0.15) is 0 Å². The van der Waals surface area contributed by atoms with Gasteiger partial charge in [-0.05, 0) is 38.1 Å². The highest BCUT2D eigenvalue weighted by Gasteiger charge is 2.11. The second-order valence-electron chi connectivity index (χ2n) is 5.96. The van der Waals surface area contributed by atoms with Gasteiger partial charge >= 0.3 is 0 Å². The number of ether oxygens (including phenoxy) is 1. The Morgan fingerprint density at radius 1 is 0.962 bits per heavy atom. The molecule has 6 heteroatoms. The van der Waals surface area contributed by atoms with Gasteiger partial charge in [-0.15, -0.1) is 0 Å². The van der Waals surface area contributed by atoms with Crippen LogP contribution in [0.25, 0.3) is 0 Å². The molecule has 3 rings (SSSR count). The summed E-state index contributed by atoms with van der Waals surface area (Å²) >= 11 is 0. The largest absolute Gasteiger partial charge is 0.455 e. The Kier molecular flexibility index (Phi) is 5.43. The molecule has 2 aromatic carbocycles. The number of rotatable bonds is 6. The maximum Gasteiger partial charge on any atom is 0.258 e. The molecule has 3 aromatic rings. The Morgan fingerprint density at radius 2 is 1.62 bits per heavy atom. The van der Waals surface area contributed by atoms with Crippen molar-refractivity contribution in [2.24, 2.45) is 0 Å². The molecule has 0 spiro atoms. The zero-order valence-corrected chi connectivity index (χ0v) is 14.6. The van der Waals surface area contributed by atoms with Crippen LogP contribution < -0.4 is 15.4 Å². The SMILES string of the molecule is CC(C)Nc1ncc(C(=O)Nc2ccccc2Oc2ccccc2)cn1. The van der Waals surface area contributed by atoms with E-state index in [-0.39, 0.29) is 11.9 Å². The van der Waals surface area contributed by atoms with Crippen LogP contribution in [0.5, 0.6) is 11.5 Å². The quantitative estimate of drug-likeness (QED) is 0.693. The number of carbonyl (C=O) groups excluding carboxylic acids is 1. The summed E-state index contributed by atoms with van der Waals surface area (Å²) < 4.78 is 5.85. The van der Waals surface area contributed by atoms with Crippen molar-refractivity contribution < 1.29 is 9.53 Å². The number of para-hydroxylation sites is 3. The first-order valence-corrected chi connectivity index (χ1v) is 8.33. The van der Waals surface area contributed by atoms with E-state index in [2.05, 4.69) is 20.6 Å². The van der Waals surface area contributed by atoms with E-state index in [9.17, 15) is 4.79 Å². The van der Waals surface area contributed by atoms with Crippen LogP contribution in [-0.4, -0.2) is 21.9 Å². The van der Waals surface area contributed by atoms with E-state index in [1.54, 1.807) is 12.1 Å². The monoisotopic (exact) mass is 348 g/mol. The fraction of sp³-hybridized carbons (Fsp3) is 0.150. The molecule has 0 aliphatic carbocycles. The van der Waals surface area contributed by atoms with Crippen molar-refractivity contribution in [3.8, 4) is 11.5 Å². The van der Waals surface area contributed by atoms with E-state index in [0.29, 0.717) is 28.7 Å². The summed E-state index contributed by atoms with van der Waals surface area (Å²) in [6.45, 7) is 3.99. The molecular weight excluding hydrogens is 328 g/mol. The van der Waals surface area contributed by atoms with Gasteiger partial charge in [0.1, 0.15) is 5.75 Å². The van der Waals surface area contributed by atoms with Crippen molar-refractivity contribution in [3.05, 3.63) is 72.6 Å². The number of benzene rings is 2. The Balaban J connectivity index is 1.73. The van der Waals surface area contributed by atoms with Crippen LogP contribution in [0, 0.1) is 0 Å². The van der Waals surface area contributed by atoms with Gasteiger partial charge in [0.2, 0.25) is 5.95 Å². The topological polar surface area (TPSA) is 76.1 Å². The second-order valence-corrected chi connectivity index (χ2v) is 5.96. The molecule has 0 aliphatic heterocycles. The van der Waals surface area contributed by atoms with Crippen LogP contribution in [0.3, 0.4) is 0 Å². The summed E-state index contributed by atoms with van der Waals surface area (Å²) in [7, 11) is 0. The van der Waals surface area contributed by atoms with Crippen LogP contribution in [0.15, 0.2) is 67.0 Å².